The Morgan fingerprint density at radius 2 is 1.89 bits per heavy atom. The van der Waals surface area contributed by atoms with Crippen LogP contribution >= 0.6 is 0 Å². The maximum Gasteiger partial charge on any atom is 0.239 e. The van der Waals surface area contributed by atoms with Crippen LogP contribution in [0.15, 0.2) is 0 Å². The first kappa shape index (κ1) is 15.4. The van der Waals surface area contributed by atoms with Crippen molar-refractivity contribution in [3.05, 3.63) is 0 Å². The Morgan fingerprint density at radius 3 is 2.39 bits per heavy atom. The van der Waals surface area contributed by atoms with E-state index in [1.54, 1.807) is 0 Å². The van der Waals surface area contributed by atoms with Gasteiger partial charge in [-0.3, -0.25) is 9.69 Å². The van der Waals surface area contributed by atoms with E-state index in [0.29, 0.717) is 5.92 Å². The first-order valence-corrected chi connectivity index (χ1v) is 7.21. The average molecular weight is 255 g/mol. The fraction of sp³-hybridized carbons (Fsp3) is 0.929. The molecule has 106 valence electrons. The van der Waals surface area contributed by atoms with Crippen molar-refractivity contribution in [2.75, 3.05) is 40.3 Å². The van der Waals surface area contributed by atoms with Gasteiger partial charge in [0.1, 0.15) is 0 Å². The fourth-order valence-electron chi connectivity index (χ4n) is 2.68. The van der Waals surface area contributed by atoms with Gasteiger partial charge in [0.15, 0.2) is 0 Å². The Hall–Kier alpha value is -0.610. The van der Waals surface area contributed by atoms with E-state index in [1.807, 2.05) is 19.0 Å². The first-order valence-electron chi connectivity index (χ1n) is 7.21. The highest BCUT2D eigenvalue weighted by Gasteiger charge is 2.31. The minimum absolute atomic E-state index is 0.0622. The van der Waals surface area contributed by atoms with Crippen LogP contribution < -0.4 is 5.32 Å². The molecule has 0 bridgehead atoms. The van der Waals surface area contributed by atoms with Gasteiger partial charge in [0.05, 0.1) is 6.04 Å². The van der Waals surface area contributed by atoms with Crippen molar-refractivity contribution in [1.29, 1.82) is 0 Å². The third kappa shape index (κ3) is 4.25. The highest BCUT2D eigenvalue weighted by molar-refractivity contribution is 5.82. The van der Waals surface area contributed by atoms with Crippen molar-refractivity contribution in [3.8, 4) is 0 Å². The lowest BCUT2D eigenvalue weighted by molar-refractivity contribution is -0.137. The van der Waals surface area contributed by atoms with Crippen LogP contribution in [0.3, 0.4) is 0 Å². The van der Waals surface area contributed by atoms with Crippen molar-refractivity contribution in [1.82, 2.24) is 15.1 Å². The lowest BCUT2D eigenvalue weighted by Gasteiger charge is -2.37. The summed E-state index contributed by atoms with van der Waals surface area (Å²) in [6, 6.07) is 0.0622. The number of likely N-dealkylation sites (N-methyl/N-ethyl adjacent to an activating group) is 2. The van der Waals surface area contributed by atoms with Crippen LogP contribution in [0, 0.1) is 5.92 Å². The number of rotatable bonds is 6. The zero-order valence-corrected chi connectivity index (χ0v) is 12.4. The Kier molecular flexibility index (Phi) is 6.65. The molecule has 0 aliphatic carbocycles. The molecule has 1 saturated heterocycles. The molecule has 1 N–H and O–H groups in total. The molecule has 1 heterocycles. The maximum atomic E-state index is 12.5. The predicted molar refractivity (Wildman–Crippen MR) is 75.6 cm³/mol. The molecule has 1 aliphatic rings. The number of hydrogen-bond acceptors (Lipinski definition) is 3. The summed E-state index contributed by atoms with van der Waals surface area (Å²) >= 11 is 0. The van der Waals surface area contributed by atoms with E-state index < -0.39 is 0 Å². The van der Waals surface area contributed by atoms with E-state index in [9.17, 15) is 4.79 Å². The number of amides is 1. The molecule has 0 aromatic carbocycles. The number of hydrogen-bond donors (Lipinski definition) is 1. The number of nitrogens with zero attached hydrogens (tertiary/aromatic N) is 2. The first-order chi connectivity index (χ1) is 8.57. The summed E-state index contributed by atoms with van der Waals surface area (Å²) in [7, 11) is 3.84. The molecule has 1 atom stereocenters. The van der Waals surface area contributed by atoms with Gasteiger partial charge < -0.3 is 10.2 Å². The fourth-order valence-corrected chi connectivity index (χ4v) is 2.68. The summed E-state index contributed by atoms with van der Waals surface area (Å²) < 4.78 is 0. The highest BCUT2D eigenvalue weighted by atomic mass is 16.2. The van der Waals surface area contributed by atoms with Crippen LogP contribution in [0.2, 0.25) is 0 Å². The standard InChI is InChI=1S/C14H29N3O/c1-12(2)13(17-9-6-5-7-10-17)14(18)16(4)11-8-15-3/h12-13,15H,5-11H2,1-4H3. The van der Waals surface area contributed by atoms with Gasteiger partial charge in [-0.2, -0.15) is 0 Å². The van der Waals surface area contributed by atoms with Gasteiger partial charge >= 0.3 is 0 Å². The molecule has 0 aromatic rings. The summed E-state index contributed by atoms with van der Waals surface area (Å²) in [6.45, 7) is 8.11. The molecule has 0 radical (unpaired) electrons. The van der Waals surface area contributed by atoms with Crippen molar-refractivity contribution < 1.29 is 4.79 Å². The van der Waals surface area contributed by atoms with Gasteiger partial charge in [0.2, 0.25) is 5.91 Å². The quantitative estimate of drug-likeness (QED) is 0.774. The molecular formula is C14H29N3O. The molecule has 0 spiro atoms. The molecule has 0 aromatic heterocycles. The Balaban J connectivity index is 2.62. The smallest absolute Gasteiger partial charge is 0.239 e. The lowest BCUT2D eigenvalue weighted by Crippen LogP contribution is -2.52. The second-order valence-electron chi connectivity index (χ2n) is 5.65. The molecule has 4 heteroatoms. The maximum absolute atomic E-state index is 12.5. The minimum atomic E-state index is 0.0622. The monoisotopic (exact) mass is 255 g/mol. The van der Waals surface area contributed by atoms with Crippen molar-refractivity contribution in [2.24, 2.45) is 5.92 Å². The topological polar surface area (TPSA) is 35.6 Å². The van der Waals surface area contributed by atoms with Gasteiger partial charge in [-0.25, -0.2) is 0 Å². The molecule has 1 amide bonds. The van der Waals surface area contributed by atoms with E-state index in [2.05, 4.69) is 24.1 Å². The molecule has 1 aliphatic heterocycles. The van der Waals surface area contributed by atoms with Crippen LogP contribution in [0.5, 0.6) is 0 Å². The summed E-state index contributed by atoms with van der Waals surface area (Å²) in [6.07, 6.45) is 3.78. The zero-order valence-electron chi connectivity index (χ0n) is 12.4. The summed E-state index contributed by atoms with van der Waals surface area (Å²) in [4.78, 5) is 16.8. The normalized spacial score (nSPS) is 18.9. The third-order valence-electron chi connectivity index (χ3n) is 3.74. The Labute approximate surface area is 112 Å². The van der Waals surface area contributed by atoms with Crippen LogP contribution in [0.4, 0.5) is 0 Å². The van der Waals surface area contributed by atoms with E-state index in [1.165, 1.54) is 19.3 Å². The molecule has 4 nitrogen and oxygen atoms in total. The molecule has 0 saturated carbocycles. The number of carbonyl (C=O) groups excluding carboxylic acids is 1. The summed E-state index contributed by atoms with van der Waals surface area (Å²) in [5.41, 5.74) is 0. The number of piperidine rings is 1. The minimum Gasteiger partial charge on any atom is -0.343 e. The SMILES string of the molecule is CNCCN(C)C(=O)C(C(C)C)N1CCCCC1. The van der Waals surface area contributed by atoms with Crippen LogP contribution in [0.25, 0.3) is 0 Å². The number of likely N-dealkylation sites (tertiary alicyclic amines) is 1. The van der Waals surface area contributed by atoms with Gasteiger partial charge in [-0.1, -0.05) is 20.3 Å². The third-order valence-corrected chi connectivity index (χ3v) is 3.74. The van der Waals surface area contributed by atoms with Crippen molar-refractivity contribution in [2.45, 2.75) is 39.2 Å². The van der Waals surface area contributed by atoms with Gasteiger partial charge in [-0.05, 0) is 38.9 Å². The molecule has 18 heavy (non-hydrogen) atoms. The molecular weight excluding hydrogens is 226 g/mol. The number of nitrogens with one attached hydrogen (secondary N) is 1. The summed E-state index contributed by atoms with van der Waals surface area (Å²) in [5, 5.41) is 3.09. The van der Waals surface area contributed by atoms with Gasteiger partial charge in [0, 0.05) is 20.1 Å². The van der Waals surface area contributed by atoms with Gasteiger partial charge in [-0.15, -0.1) is 0 Å². The average Bonchev–Trinajstić information content (AvgIpc) is 2.36. The second kappa shape index (κ2) is 7.74. The van der Waals surface area contributed by atoms with Crippen LogP contribution in [0.1, 0.15) is 33.1 Å². The molecule has 1 fully saturated rings. The van der Waals surface area contributed by atoms with E-state index in [4.69, 9.17) is 0 Å². The Bertz CT molecular complexity index is 249. The Morgan fingerprint density at radius 1 is 1.28 bits per heavy atom. The van der Waals surface area contributed by atoms with E-state index in [0.717, 1.165) is 26.2 Å². The second-order valence-corrected chi connectivity index (χ2v) is 5.65. The lowest BCUT2D eigenvalue weighted by atomic mass is 9.98. The van der Waals surface area contributed by atoms with E-state index in [-0.39, 0.29) is 11.9 Å². The molecule has 1 unspecified atom stereocenters. The zero-order chi connectivity index (χ0) is 13.5. The van der Waals surface area contributed by atoms with Gasteiger partial charge in [0.25, 0.3) is 0 Å². The van der Waals surface area contributed by atoms with E-state index >= 15 is 0 Å². The predicted octanol–water partition coefficient (Wildman–Crippen LogP) is 1.17. The van der Waals surface area contributed by atoms with Crippen LogP contribution in [-0.2, 0) is 4.79 Å². The number of carbonyl (C=O) groups is 1. The van der Waals surface area contributed by atoms with Crippen molar-refractivity contribution >= 4 is 5.91 Å². The highest BCUT2D eigenvalue weighted by Crippen LogP contribution is 2.19. The molecule has 1 rings (SSSR count). The largest absolute Gasteiger partial charge is 0.343 e. The van der Waals surface area contributed by atoms with Crippen LogP contribution in [-0.4, -0.2) is 62.0 Å². The summed E-state index contributed by atoms with van der Waals surface area (Å²) in [5.74, 6) is 0.662. The van der Waals surface area contributed by atoms with Crippen molar-refractivity contribution in [3.63, 3.8) is 0 Å².